The maximum absolute atomic E-state index is 13.2. The molecule has 8 nitrogen and oxygen atoms in total. The van der Waals surface area contributed by atoms with E-state index >= 15 is 0 Å². The topological polar surface area (TPSA) is 102 Å². The summed E-state index contributed by atoms with van der Waals surface area (Å²) in [6.45, 7) is 3.74. The quantitative estimate of drug-likeness (QED) is 0.358. The number of benzene rings is 1. The number of methoxy groups -OCH3 is 2. The van der Waals surface area contributed by atoms with Crippen molar-refractivity contribution in [3.63, 3.8) is 0 Å². The van der Waals surface area contributed by atoms with Gasteiger partial charge in [-0.05, 0) is 37.6 Å². The Morgan fingerprint density at radius 3 is 2.53 bits per heavy atom. The highest BCUT2D eigenvalue weighted by Crippen LogP contribution is 2.44. The van der Waals surface area contributed by atoms with Gasteiger partial charge in [-0.25, -0.2) is 4.98 Å². The molecule has 1 unspecified atom stereocenters. The number of hydrogen-bond acceptors (Lipinski definition) is 8. The molecule has 1 saturated heterocycles. The van der Waals surface area contributed by atoms with E-state index < -0.39 is 17.7 Å². The first-order valence-electron chi connectivity index (χ1n) is 9.74. The van der Waals surface area contributed by atoms with E-state index in [4.69, 9.17) is 9.47 Å². The minimum absolute atomic E-state index is 0.0584. The van der Waals surface area contributed by atoms with Gasteiger partial charge in [0.05, 0.1) is 37.1 Å². The average Bonchev–Trinajstić information content (AvgIpc) is 3.28. The van der Waals surface area contributed by atoms with Gasteiger partial charge in [-0.2, -0.15) is 0 Å². The van der Waals surface area contributed by atoms with Crippen LogP contribution in [0.15, 0.2) is 48.3 Å². The number of hydrogen-bond donors (Lipinski definition) is 1. The highest BCUT2D eigenvalue weighted by atomic mass is 32.1. The van der Waals surface area contributed by atoms with Gasteiger partial charge in [0.2, 0.25) is 0 Å². The Hall–Kier alpha value is -3.72. The van der Waals surface area contributed by atoms with Crippen LogP contribution >= 0.6 is 11.3 Å². The summed E-state index contributed by atoms with van der Waals surface area (Å²) in [7, 11) is 2.96. The number of Topliss-reactive ketones (excluding diaryl/α,β-unsaturated/α-hetero) is 1. The molecule has 32 heavy (non-hydrogen) atoms. The molecule has 3 heterocycles. The van der Waals surface area contributed by atoms with E-state index in [1.807, 2.05) is 13.8 Å². The van der Waals surface area contributed by atoms with Gasteiger partial charge in [0.1, 0.15) is 17.3 Å². The number of carbonyl (C=O) groups excluding carboxylic acids is 2. The Bertz CT molecular complexity index is 1220. The molecule has 1 atom stereocenters. The van der Waals surface area contributed by atoms with Crippen LogP contribution in [0.4, 0.5) is 5.13 Å². The molecule has 1 aliphatic rings. The summed E-state index contributed by atoms with van der Waals surface area (Å²) < 4.78 is 10.6. The van der Waals surface area contributed by atoms with Crippen molar-refractivity contribution in [2.24, 2.45) is 0 Å². The third-order valence-electron chi connectivity index (χ3n) is 5.33. The van der Waals surface area contributed by atoms with Crippen molar-refractivity contribution < 1.29 is 24.2 Å². The molecule has 0 saturated carbocycles. The molecular formula is C23H21N3O5S. The summed E-state index contributed by atoms with van der Waals surface area (Å²) in [6.07, 6.45) is 3.16. The van der Waals surface area contributed by atoms with Crippen LogP contribution in [-0.2, 0) is 9.59 Å². The highest BCUT2D eigenvalue weighted by Gasteiger charge is 2.48. The zero-order valence-corrected chi connectivity index (χ0v) is 18.8. The molecule has 2 aromatic heterocycles. The lowest BCUT2D eigenvalue weighted by Gasteiger charge is -2.22. The molecule has 1 aliphatic heterocycles. The van der Waals surface area contributed by atoms with Crippen molar-refractivity contribution in [1.29, 1.82) is 0 Å². The van der Waals surface area contributed by atoms with Gasteiger partial charge in [-0.1, -0.05) is 6.07 Å². The first kappa shape index (κ1) is 21.5. The molecule has 1 aromatic carbocycles. The lowest BCUT2D eigenvalue weighted by atomic mass is 9.96. The average molecular weight is 452 g/mol. The summed E-state index contributed by atoms with van der Waals surface area (Å²) in [5.41, 5.74) is 1.56. The lowest BCUT2D eigenvalue weighted by Crippen LogP contribution is -2.29. The van der Waals surface area contributed by atoms with Crippen LogP contribution in [0.2, 0.25) is 0 Å². The number of amides is 1. The first-order chi connectivity index (χ1) is 15.4. The lowest BCUT2D eigenvalue weighted by molar-refractivity contribution is -0.132. The van der Waals surface area contributed by atoms with Gasteiger partial charge in [-0.3, -0.25) is 19.5 Å². The molecule has 0 spiro atoms. The van der Waals surface area contributed by atoms with Crippen molar-refractivity contribution in [2.45, 2.75) is 19.9 Å². The van der Waals surface area contributed by atoms with Gasteiger partial charge in [0.25, 0.3) is 5.78 Å². The standard InChI is InChI=1S/C23H21N3O5S/c1-12-13(2)32-23(25-12)26-19(14-6-5-9-24-11-14)18(21(28)22(26)29)20(27)16-8-7-15(30-3)10-17(16)31-4/h5-11,19,27H,1-4H3. The number of carbonyl (C=O) groups is 2. The molecule has 1 N–H and O–H groups in total. The molecule has 4 rings (SSSR count). The number of aryl methyl sites for hydroxylation is 2. The number of aliphatic hydroxyl groups is 1. The Labute approximate surface area is 188 Å². The van der Waals surface area contributed by atoms with Crippen LogP contribution in [0.5, 0.6) is 11.5 Å². The predicted octanol–water partition coefficient (Wildman–Crippen LogP) is 3.80. The minimum atomic E-state index is -0.888. The second kappa shape index (κ2) is 8.43. The van der Waals surface area contributed by atoms with Gasteiger partial charge in [0.15, 0.2) is 5.13 Å². The maximum Gasteiger partial charge on any atom is 0.301 e. The van der Waals surface area contributed by atoms with Crippen LogP contribution in [0.3, 0.4) is 0 Å². The van der Waals surface area contributed by atoms with Gasteiger partial charge < -0.3 is 14.6 Å². The third kappa shape index (κ3) is 3.50. The van der Waals surface area contributed by atoms with E-state index in [0.717, 1.165) is 10.6 Å². The molecule has 1 amide bonds. The van der Waals surface area contributed by atoms with Crippen molar-refractivity contribution in [3.8, 4) is 11.5 Å². The highest BCUT2D eigenvalue weighted by molar-refractivity contribution is 7.16. The SMILES string of the molecule is COc1ccc(C(O)=C2C(=O)C(=O)N(c3nc(C)c(C)s3)C2c2cccnc2)c(OC)c1. The fraction of sp³-hybridized carbons (Fsp3) is 0.217. The molecule has 0 radical (unpaired) electrons. The number of ether oxygens (including phenoxy) is 2. The van der Waals surface area contributed by atoms with Gasteiger partial charge >= 0.3 is 5.91 Å². The van der Waals surface area contributed by atoms with Crippen molar-refractivity contribution in [2.75, 3.05) is 19.1 Å². The summed E-state index contributed by atoms with van der Waals surface area (Å²) in [5, 5.41) is 11.6. The smallest absolute Gasteiger partial charge is 0.301 e. The van der Waals surface area contributed by atoms with Crippen LogP contribution in [0, 0.1) is 13.8 Å². The second-order valence-corrected chi connectivity index (χ2v) is 8.34. The van der Waals surface area contributed by atoms with Crippen molar-refractivity contribution >= 4 is 33.9 Å². The number of aromatic nitrogens is 2. The minimum Gasteiger partial charge on any atom is -0.507 e. The summed E-state index contributed by atoms with van der Waals surface area (Å²) in [5.74, 6) is -1.08. The van der Waals surface area contributed by atoms with E-state index in [-0.39, 0.29) is 16.9 Å². The summed E-state index contributed by atoms with van der Waals surface area (Å²) in [4.78, 5) is 37.2. The molecule has 9 heteroatoms. The number of nitrogens with zero attached hydrogens (tertiary/aromatic N) is 3. The Morgan fingerprint density at radius 2 is 1.94 bits per heavy atom. The monoisotopic (exact) mass is 451 g/mol. The molecule has 1 fully saturated rings. The number of anilines is 1. The van der Waals surface area contributed by atoms with Crippen molar-refractivity contribution in [1.82, 2.24) is 9.97 Å². The Morgan fingerprint density at radius 1 is 1.16 bits per heavy atom. The number of ketones is 1. The van der Waals surface area contributed by atoms with E-state index in [1.165, 1.54) is 30.5 Å². The van der Waals surface area contributed by atoms with E-state index in [0.29, 0.717) is 22.2 Å². The fourth-order valence-electron chi connectivity index (χ4n) is 3.58. The van der Waals surface area contributed by atoms with Crippen molar-refractivity contribution in [3.05, 3.63) is 70.0 Å². The zero-order valence-electron chi connectivity index (χ0n) is 17.9. The van der Waals surface area contributed by atoms with Gasteiger partial charge in [-0.15, -0.1) is 11.3 Å². The van der Waals surface area contributed by atoms with E-state index in [2.05, 4.69) is 9.97 Å². The summed E-state index contributed by atoms with van der Waals surface area (Å²) >= 11 is 1.31. The van der Waals surface area contributed by atoms with E-state index in [9.17, 15) is 14.7 Å². The van der Waals surface area contributed by atoms with E-state index in [1.54, 1.807) is 42.7 Å². The third-order valence-corrected chi connectivity index (χ3v) is 6.40. The van der Waals surface area contributed by atoms with Crippen LogP contribution < -0.4 is 14.4 Å². The molecular weight excluding hydrogens is 430 g/mol. The number of aliphatic hydroxyl groups excluding tert-OH is 1. The van der Waals surface area contributed by atoms with Crippen LogP contribution in [-0.4, -0.2) is 41.0 Å². The zero-order chi connectivity index (χ0) is 23.0. The first-order valence-corrected chi connectivity index (χ1v) is 10.6. The number of thiazole rings is 1. The Balaban J connectivity index is 1.96. The maximum atomic E-state index is 13.2. The molecule has 0 bridgehead atoms. The predicted molar refractivity (Wildman–Crippen MR) is 120 cm³/mol. The largest absolute Gasteiger partial charge is 0.507 e. The van der Waals surface area contributed by atoms with Crippen LogP contribution in [0.25, 0.3) is 5.76 Å². The number of pyridine rings is 1. The number of rotatable bonds is 5. The second-order valence-electron chi connectivity index (χ2n) is 7.16. The molecule has 3 aromatic rings. The summed E-state index contributed by atoms with van der Waals surface area (Å²) in [6, 6.07) is 7.39. The molecule has 0 aliphatic carbocycles. The Kier molecular flexibility index (Phi) is 5.67. The molecule has 164 valence electrons. The van der Waals surface area contributed by atoms with Crippen LogP contribution in [0.1, 0.15) is 27.7 Å². The normalized spacial score (nSPS) is 17.6. The van der Waals surface area contributed by atoms with Gasteiger partial charge in [0, 0.05) is 23.3 Å². The fourth-order valence-corrected chi connectivity index (χ4v) is 4.52.